The molecule has 0 atom stereocenters. The number of aromatic nitrogens is 2. The van der Waals surface area contributed by atoms with E-state index in [-0.39, 0.29) is 5.91 Å². The SMILES string of the molecule is Nc1ccnc(-c2ccc3c4c(cccc24)C(=O)N3CCCCNCCCCN2CCOCC2)n1. The number of nitrogen functional groups attached to an aromatic ring is 1. The number of rotatable bonds is 11. The van der Waals surface area contributed by atoms with Crippen molar-refractivity contribution in [2.45, 2.75) is 25.7 Å². The van der Waals surface area contributed by atoms with Gasteiger partial charge < -0.3 is 20.7 Å². The lowest BCUT2D eigenvalue weighted by atomic mass is 10.00. The first-order valence-corrected chi connectivity index (χ1v) is 12.7. The Morgan fingerprint density at radius 2 is 1.74 bits per heavy atom. The molecule has 3 N–H and O–H groups in total. The van der Waals surface area contributed by atoms with Crippen molar-refractivity contribution >= 4 is 28.2 Å². The average molecular weight is 475 g/mol. The van der Waals surface area contributed by atoms with Crippen LogP contribution >= 0.6 is 0 Å². The van der Waals surface area contributed by atoms with Gasteiger partial charge in [-0.3, -0.25) is 9.69 Å². The van der Waals surface area contributed by atoms with E-state index in [0.717, 1.165) is 86.4 Å². The molecule has 2 aliphatic heterocycles. The Bertz CT molecular complexity index is 1180. The van der Waals surface area contributed by atoms with Crippen molar-refractivity contribution in [3.8, 4) is 11.4 Å². The molecule has 0 aliphatic carbocycles. The third-order valence-electron chi connectivity index (χ3n) is 6.87. The van der Waals surface area contributed by atoms with Gasteiger partial charge >= 0.3 is 0 Å². The number of morpholine rings is 1. The maximum Gasteiger partial charge on any atom is 0.258 e. The summed E-state index contributed by atoms with van der Waals surface area (Å²) < 4.78 is 5.40. The number of nitrogens with two attached hydrogens (primary N) is 1. The molecule has 1 saturated heterocycles. The summed E-state index contributed by atoms with van der Waals surface area (Å²) in [5, 5.41) is 5.53. The highest BCUT2D eigenvalue weighted by Gasteiger charge is 2.30. The normalized spacial score (nSPS) is 15.9. The molecule has 1 aromatic heterocycles. The monoisotopic (exact) mass is 474 g/mol. The summed E-state index contributed by atoms with van der Waals surface area (Å²) in [5.41, 5.74) is 8.50. The molecule has 3 aromatic rings. The van der Waals surface area contributed by atoms with Crippen LogP contribution < -0.4 is 16.0 Å². The third-order valence-corrected chi connectivity index (χ3v) is 6.87. The van der Waals surface area contributed by atoms with E-state index >= 15 is 0 Å². The number of carbonyl (C=O) groups excluding carboxylic acids is 1. The summed E-state index contributed by atoms with van der Waals surface area (Å²) in [7, 11) is 0. The number of anilines is 2. The molecule has 3 heterocycles. The topological polar surface area (TPSA) is 96.6 Å². The van der Waals surface area contributed by atoms with Gasteiger partial charge in [0.1, 0.15) is 5.82 Å². The highest BCUT2D eigenvalue weighted by Crippen LogP contribution is 2.41. The first-order chi connectivity index (χ1) is 17.2. The lowest BCUT2D eigenvalue weighted by molar-refractivity contribution is 0.0372. The quantitative estimate of drug-likeness (QED) is 0.412. The number of amides is 1. The summed E-state index contributed by atoms with van der Waals surface area (Å²) in [6.07, 6.45) is 6.08. The Kier molecular flexibility index (Phi) is 7.51. The van der Waals surface area contributed by atoms with Crippen molar-refractivity contribution in [2.24, 2.45) is 0 Å². The van der Waals surface area contributed by atoms with E-state index in [1.165, 1.54) is 19.4 Å². The summed E-state index contributed by atoms with van der Waals surface area (Å²) >= 11 is 0. The van der Waals surface area contributed by atoms with Crippen LogP contribution in [0.1, 0.15) is 36.0 Å². The van der Waals surface area contributed by atoms with Crippen LogP contribution in [0.25, 0.3) is 22.2 Å². The predicted molar refractivity (Wildman–Crippen MR) is 140 cm³/mol. The molecular formula is C27H34N6O2. The number of unbranched alkanes of at least 4 members (excludes halogenated alkanes) is 2. The van der Waals surface area contributed by atoms with E-state index in [2.05, 4.69) is 20.2 Å². The van der Waals surface area contributed by atoms with Gasteiger partial charge in [-0.1, -0.05) is 12.1 Å². The number of ether oxygens (including phenoxy) is 1. The second-order valence-corrected chi connectivity index (χ2v) is 9.24. The second kappa shape index (κ2) is 11.1. The fourth-order valence-electron chi connectivity index (χ4n) is 5.02. The molecule has 35 heavy (non-hydrogen) atoms. The van der Waals surface area contributed by atoms with Gasteiger partial charge in [0.05, 0.1) is 18.9 Å². The van der Waals surface area contributed by atoms with Crippen molar-refractivity contribution in [2.75, 3.05) is 63.1 Å². The lowest BCUT2D eigenvalue weighted by Gasteiger charge is -2.26. The van der Waals surface area contributed by atoms with Gasteiger partial charge in [-0.05, 0) is 75.0 Å². The Labute approximate surface area is 206 Å². The van der Waals surface area contributed by atoms with Crippen molar-refractivity contribution in [1.82, 2.24) is 20.2 Å². The molecule has 1 fully saturated rings. The summed E-state index contributed by atoms with van der Waals surface area (Å²) in [4.78, 5) is 26.4. The summed E-state index contributed by atoms with van der Waals surface area (Å²) in [5.74, 6) is 1.09. The smallest absolute Gasteiger partial charge is 0.258 e. The molecule has 0 radical (unpaired) electrons. The molecule has 1 amide bonds. The molecule has 8 heteroatoms. The minimum atomic E-state index is 0.0762. The maximum atomic E-state index is 13.2. The zero-order valence-electron chi connectivity index (χ0n) is 20.2. The van der Waals surface area contributed by atoms with Crippen LogP contribution in [-0.2, 0) is 4.74 Å². The van der Waals surface area contributed by atoms with E-state index < -0.39 is 0 Å². The maximum absolute atomic E-state index is 13.2. The Morgan fingerprint density at radius 3 is 2.54 bits per heavy atom. The molecule has 2 aromatic carbocycles. The van der Waals surface area contributed by atoms with E-state index in [9.17, 15) is 4.79 Å². The van der Waals surface area contributed by atoms with Crippen LogP contribution in [0.3, 0.4) is 0 Å². The Balaban J connectivity index is 1.12. The van der Waals surface area contributed by atoms with Crippen LogP contribution in [0.5, 0.6) is 0 Å². The van der Waals surface area contributed by atoms with E-state index in [4.69, 9.17) is 10.5 Å². The molecule has 8 nitrogen and oxygen atoms in total. The van der Waals surface area contributed by atoms with Gasteiger partial charge in [0.15, 0.2) is 5.82 Å². The molecule has 0 unspecified atom stereocenters. The Hall–Kier alpha value is -3.07. The van der Waals surface area contributed by atoms with Gasteiger partial charge in [0.2, 0.25) is 0 Å². The summed E-state index contributed by atoms with van der Waals surface area (Å²) in [6, 6.07) is 11.6. The molecular weight excluding hydrogens is 440 g/mol. The van der Waals surface area contributed by atoms with Crippen molar-refractivity contribution < 1.29 is 9.53 Å². The fourth-order valence-corrected chi connectivity index (χ4v) is 5.02. The number of nitrogens with zero attached hydrogens (tertiary/aromatic N) is 4. The van der Waals surface area contributed by atoms with Crippen LogP contribution in [0.15, 0.2) is 42.6 Å². The zero-order chi connectivity index (χ0) is 24.0. The largest absolute Gasteiger partial charge is 0.384 e. The third kappa shape index (κ3) is 5.29. The standard InChI is InChI=1S/C27H34N6O2/c28-24-10-13-30-26(31-24)21-8-9-23-25-20(21)6-5-7-22(25)27(34)33(23)15-4-2-12-29-11-1-3-14-32-16-18-35-19-17-32/h5-10,13,29H,1-4,11-12,14-19H2,(H2,28,30,31). The predicted octanol–water partition coefficient (Wildman–Crippen LogP) is 3.32. The molecule has 5 rings (SSSR count). The molecule has 0 bridgehead atoms. The van der Waals surface area contributed by atoms with E-state index in [0.29, 0.717) is 11.6 Å². The molecule has 184 valence electrons. The van der Waals surface area contributed by atoms with Crippen LogP contribution in [0, 0.1) is 0 Å². The van der Waals surface area contributed by atoms with Gasteiger partial charge in [0, 0.05) is 42.3 Å². The van der Waals surface area contributed by atoms with E-state index in [1.54, 1.807) is 12.3 Å². The van der Waals surface area contributed by atoms with Crippen molar-refractivity contribution in [3.05, 3.63) is 48.2 Å². The highest BCUT2D eigenvalue weighted by atomic mass is 16.5. The first-order valence-electron chi connectivity index (χ1n) is 12.7. The van der Waals surface area contributed by atoms with Crippen LogP contribution in [0.2, 0.25) is 0 Å². The highest BCUT2D eigenvalue weighted by molar-refractivity contribution is 6.26. The van der Waals surface area contributed by atoms with Crippen molar-refractivity contribution in [1.29, 1.82) is 0 Å². The number of hydrogen-bond donors (Lipinski definition) is 2. The van der Waals surface area contributed by atoms with Gasteiger partial charge in [0.25, 0.3) is 5.91 Å². The lowest BCUT2D eigenvalue weighted by Crippen LogP contribution is -2.37. The van der Waals surface area contributed by atoms with E-state index in [1.807, 2.05) is 35.2 Å². The molecule has 2 aliphatic rings. The average Bonchev–Trinajstić information content (AvgIpc) is 3.16. The Morgan fingerprint density at radius 1 is 0.943 bits per heavy atom. The molecule has 0 spiro atoms. The molecule has 0 saturated carbocycles. The van der Waals surface area contributed by atoms with Crippen LogP contribution in [-0.4, -0.2) is 73.3 Å². The minimum Gasteiger partial charge on any atom is -0.384 e. The van der Waals surface area contributed by atoms with Gasteiger partial charge in [-0.2, -0.15) is 0 Å². The van der Waals surface area contributed by atoms with Crippen molar-refractivity contribution in [3.63, 3.8) is 0 Å². The van der Waals surface area contributed by atoms with Gasteiger partial charge in [-0.15, -0.1) is 0 Å². The number of nitrogens with one attached hydrogen (secondary N) is 1. The van der Waals surface area contributed by atoms with Gasteiger partial charge in [-0.25, -0.2) is 9.97 Å². The van der Waals surface area contributed by atoms with Crippen LogP contribution in [0.4, 0.5) is 11.5 Å². The summed E-state index contributed by atoms with van der Waals surface area (Å²) in [6.45, 7) is 7.78. The first kappa shape index (κ1) is 23.7. The second-order valence-electron chi connectivity index (χ2n) is 9.24. The zero-order valence-corrected chi connectivity index (χ0v) is 20.2. The number of benzene rings is 2. The fraction of sp³-hybridized carbons (Fsp3) is 0.444. The number of carbonyl (C=O) groups is 1. The minimum absolute atomic E-state index is 0.0762. The number of hydrogen-bond acceptors (Lipinski definition) is 7.